The van der Waals surface area contributed by atoms with E-state index in [2.05, 4.69) is 23.2 Å². The Labute approximate surface area is 146 Å². The van der Waals surface area contributed by atoms with Gasteiger partial charge in [-0.3, -0.25) is 0 Å². The van der Waals surface area contributed by atoms with Crippen LogP contribution in [0.2, 0.25) is 0 Å². The van der Waals surface area contributed by atoms with Gasteiger partial charge in [0.05, 0.1) is 33.2 Å². The summed E-state index contributed by atoms with van der Waals surface area (Å²) < 4.78 is 19.6. The molecule has 2 heterocycles. The highest BCUT2D eigenvalue weighted by atomic mass is 16.7. The summed E-state index contributed by atoms with van der Waals surface area (Å²) in [4.78, 5) is 4.10. The highest BCUT2D eigenvalue weighted by molar-refractivity contribution is 5.71. The number of nitrogens with zero attached hydrogens (tertiary/aromatic N) is 2. The Bertz CT molecular complexity index is 825. The lowest BCUT2D eigenvalue weighted by atomic mass is 9.98. The molecule has 0 spiro atoms. The van der Waals surface area contributed by atoms with Crippen LogP contribution in [0.4, 0.5) is 0 Å². The Morgan fingerprint density at radius 3 is 2.60 bits per heavy atom. The Hall–Kier alpha value is -2.63. The van der Waals surface area contributed by atoms with Crippen LogP contribution in [0.25, 0.3) is 11.1 Å². The van der Waals surface area contributed by atoms with Gasteiger partial charge in [-0.1, -0.05) is 42.5 Å². The van der Waals surface area contributed by atoms with Gasteiger partial charge >= 0.3 is 0 Å². The van der Waals surface area contributed by atoms with Crippen molar-refractivity contribution in [3.63, 3.8) is 0 Å². The lowest BCUT2D eigenvalue weighted by molar-refractivity contribution is -0.176. The molecule has 0 unspecified atom stereocenters. The van der Waals surface area contributed by atoms with Crippen molar-refractivity contribution >= 4 is 0 Å². The van der Waals surface area contributed by atoms with E-state index in [-0.39, 0.29) is 0 Å². The molecule has 1 aromatic heterocycles. The van der Waals surface area contributed by atoms with Gasteiger partial charge in [-0.05, 0) is 11.6 Å². The van der Waals surface area contributed by atoms with E-state index in [1.807, 2.05) is 41.1 Å². The van der Waals surface area contributed by atoms with Gasteiger partial charge in [0.2, 0.25) is 5.79 Å². The maximum Gasteiger partial charge on any atom is 0.213 e. The predicted molar refractivity (Wildman–Crippen MR) is 94.2 cm³/mol. The molecular formula is C20H20N2O3. The molecule has 5 nitrogen and oxygen atoms in total. The van der Waals surface area contributed by atoms with Crippen molar-refractivity contribution in [1.29, 1.82) is 0 Å². The number of aromatic nitrogens is 2. The monoisotopic (exact) mass is 336 g/mol. The highest BCUT2D eigenvalue weighted by Gasteiger charge is 2.39. The highest BCUT2D eigenvalue weighted by Crippen LogP contribution is 2.38. The van der Waals surface area contributed by atoms with Gasteiger partial charge in [0.1, 0.15) is 5.75 Å². The van der Waals surface area contributed by atoms with E-state index in [4.69, 9.17) is 14.2 Å². The van der Waals surface area contributed by atoms with Crippen LogP contribution in [0, 0.1) is 0 Å². The summed E-state index contributed by atoms with van der Waals surface area (Å²) in [5.74, 6) is -0.0174. The summed E-state index contributed by atoms with van der Waals surface area (Å²) >= 11 is 0. The molecule has 3 aromatic rings. The number of rotatable bonds is 5. The predicted octanol–water partition coefficient (Wildman–Crippen LogP) is 3.46. The Morgan fingerprint density at radius 1 is 1.12 bits per heavy atom. The first kappa shape index (κ1) is 15.9. The largest absolute Gasteiger partial charge is 0.496 e. The quantitative estimate of drug-likeness (QED) is 0.716. The van der Waals surface area contributed by atoms with Crippen molar-refractivity contribution in [3.05, 3.63) is 72.8 Å². The summed E-state index contributed by atoms with van der Waals surface area (Å²) in [5, 5.41) is 0. The van der Waals surface area contributed by atoms with Crippen LogP contribution in [0.5, 0.6) is 5.75 Å². The van der Waals surface area contributed by atoms with Crippen LogP contribution in [-0.4, -0.2) is 29.9 Å². The molecule has 1 fully saturated rings. The van der Waals surface area contributed by atoms with Crippen molar-refractivity contribution in [1.82, 2.24) is 9.55 Å². The second-order valence-corrected chi connectivity index (χ2v) is 5.97. The van der Waals surface area contributed by atoms with Gasteiger partial charge in [-0.15, -0.1) is 0 Å². The van der Waals surface area contributed by atoms with Crippen LogP contribution >= 0.6 is 0 Å². The third-order valence-corrected chi connectivity index (χ3v) is 4.43. The van der Waals surface area contributed by atoms with E-state index in [0.29, 0.717) is 19.8 Å². The molecule has 0 radical (unpaired) electrons. The first-order valence-electron chi connectivity index (χ1n) is 8.28. The van der Waals surface area contributed by atoms with Crippen LogP contribution in [0.15, 0.2) is 67.3 Å². The molecule has 0 aliphatic carbocycles. The Morgan fingerprint density at radius 2 is 1.92 bits per heavy atom. The number of hydrogen-bond acceptors (Lipinski definition) is 4. The molecule has 0 atom stereocenters. The lowest BCUT2D eigenvalue weighted by Gasteiger charge is -2.29. The van der Waals surface area contributed by atoms with Crippen molar-refractivity contribution in [2.45, 2.75) is 12.3 Å². The molecule has 25 heavy (non-hydrogen) atoms. The fraction of sp³-hybridized carbons (Fsp3) is 0.250. The van der Waals surface area contributed by atoms with E-state index >= 15 is 0 Å². The molecule has 0 saturated carbocycles. The van der Waals surface area contributed by atoms with Crippen molar-refractivity contribution < 1.29 is 14.2 Å². The van der Waals surface area contributed by atoms with Gasteiger partial charge in [-0.25, -0.2) is 4.98 Å². The summed E-state index contributed by atoms with van der Waals surface area (Å²) in [6.45, 7) is 1.68. The van der Waals surface area contributed by atoms with Gasteiger partial charge in [0.25, 0.3) is 0 Å². The maximum absolute atomic E-state index is 6.02. The smallest absolute Gasteiger partial charge is 0.213 e. The summed E-state index contributed by atoms with van der Waals surface area (Å²) in [7, 11) is 1.68. The third kappa shape index (κ3) is 3.04. The number of hydrogen-bond donors (Lipinski definition) is 0. The third-order valence-electron chi connectivity index (χ3n) is 4.43. The molecule has 1 aliphatic rings. The zero-order valence-electron chi connectivity index (χ0n) is 14.1. The van der Waals surface area contributed by atoms with Gasteiger partial charge in [0, 0.05) is 23.5 Å². The second kappa shape index (κ2) is 6.70. The van der Waals surface area contributed by atoms with E-state index in [0.717, 1.165) is 22.4 Å². The van der Waals surface area contributed by atoms with Gasteiger partial charge in [-0.2, -0.15) is 0 Å². The molecule has 2 aromatic carbocycles. The molecular weight excluding hydrogens is 316 g/mol. The molecule has 128 valence electrons. The fourth-order valence-electron chi connectivity index (χ4n) is 3.21. The first-order valence-corrected chi connectivity index (χ1v) is 8.28. The number of benzene rings is 2. The average Bonchev–Trinajstić information content (AvgIpc) is 3.35. The lowest BCUT2D eigenvalue weighted by Crippen LogP contribution is -2.32. The molecule has 4 rings (SSSR count). The molecule has 1 saturated heterocycles. The minimum Gasteiger partial charge on any atom is -0.496 e. The molecule has 0 N–H and O–H groups in total. The van der Waals surface area contributed by atoms with E-state index in [1.54, 1.807) is 19.6 Å². The average molecular weight is 336 g/mol. The van der Waals surface area contributed by atoms with Crippen LogP contribution in [0.1, 0.15) is 5.56 Å². The van der Waals surface area contributed by atoms with Crippen molar-refractivity contribution in [3.8, 4) is 16.9 Å². The fourth-order valence-corrected chi connectivity index (χ4v) is 3.21. The molecule has 0 bridgehead atoms. The van der Waals surface area contributed by atoms with E-state index in [9.17, 15) is 0 Å². The Balaban J connectivity index is 1.74. The minimum atomic E-state index is -0.816. The van der Waals surface area contributed by atoms with E-state index < -0.39 is 5.79 Å². The van der Waals surface area contributed by atoms with Crippen LogP contribution < -0.4 is 4.74 Å². The van der Waals surface area contributed by atoms with Crippen molar-refractivity contribution in [2.24, 2.45) is 0 Å². The zero-order chi connectivity index (χ0) is 17.1. The Kier molecular flexibility index (Phi) is 4.26. The number of imidazole rings is 1. The normalized spacial score (nSPS) is 16.0. The summed E-state index contributed by atoms with van der Waals surface area (Å²) in [6, 6.07) is 16.3. The van der Waals surface area contributed by atoms with Gasteiger partial charge in [0.15, 0.2) is 0 Å². The van der Waals surface area contributed by atoms with Crippen LogP contribution in [0.3, 0.4) is 0 Å². The summed E-state index contributed by atoms with van der Waals surface area (Å²) in [6.07, 6.45) is 5.42. The molecule has 0 amide bonds. The zero-order valence-corrected chi connectivity index (χ0v) is 14.1. The summed E-state index contributed by atoms with van der Waals surface area (Å²) in [5.41, 5.74) is 3.10. The standard InChI is InChI=1S/C20H20N2O3/c1-23-19-13-17(7-8-18(19)16-5-3-2-4-6-16)20(24-11-12-25-20)14-22-10-9-21-15-22/h2-10,13,15H,11-12,14H2,1H3. The van der Waals surface area contributed by atoms with Gasteiger partial charge < -0.3 is 18.8 Å². The second-order valence-electron chi connectivity index (χ2n) is 5.97. The van der Waals surface area contributed by atoms with Crippen molar-refractivity contribution in [2.75, 3.05) is 20.3 Å². The maximum atomic E-state index is 6.02. The topological polar surface area (TPSA) is 45.5 Å². The van der Waals surface area contributed by atoms with Crippen LogP contribution in [-0.2, 0) is 21.8 Å². The molecule has 1 aliphatic heterocycles. The first-order chi connectivity index (χ1) is 12.3. The van der Waals surface area contributed by atoms with E-state index in [1.165, 1.54) is 0 Å². The SMILES string of the molecule is COc1cc(C2(Cn3ccnc3)OCCO2)ccc1-c1ccccc1. The molecule has 5 heteroatoms. The number of ether oxygens (including phenoxy) is 3. The minimum absolute atomic E-state index is 0.542. The number of methoxy groups -OCH3 is 1.